The number of esters is 1. The third kappa shape index (κ3) is 3.19. The molecule has 0 fully saturated rings. The fourth-order valence-corrected chi connectivity index (χ4v) is 5.09. The number of ether oxygens (including phenoxy) is 1. The molecule has 1 atom stereocenters. The summed E-state index contributed by atoms with van der Waals surface area (Å²) in [4.78, 5) is 44.0. The topological polar surface area (TPSA) is 102 Å². The highest BCUT2D eigenvalue weighted by Gasteiger charge is 2.30. The molecule has 2 N–H and O–H groups in total. The zero-order valence-corrected chi connectivity index (χ0v) is 16.6. The van der Waals surface area contributed by atoms with Crippen molar-refractivity contribution in [3.05, 3.63) is 38.4 Å². The van der Waals surface area contributed by atoms with Crippen LogP contribution in [0.4, 0.5) is 4.79 Å². The molecule has 0 saturated carbocycles. The van der Waals surface area contributed by atoms with E-state index < -0.39 is 18.0 Å². The van der Waals surface area contributed by atoms with Gasteiger partial charge in [0, 0.05) is 4.88 Å². The molecule has 0 saturated heterocycles. The van der Waals surface area contributed by atoms with Gasteiger partial charge in [0.25, 0.3) is 5.56 Å². The highest BCUT2D eigenvalue weighted by Crippen LogP contribution is 2.33. The molecule has 9 heteroatoms. The smallest absolute Gasteiger partial charge is 0.337 e. The van der Waals surface area contributed by atoms with Crippen molar-refractivity contribution in [3.8, 4) is 0 Å². The van der Waals surface area contributed by atoms with Gasteiger partial charge in [0.2, 0.25) is 0 Å². The second-order valence-electron chi connectivity index (χ2n) is 7.00. The van der Waals surface area contributed by atoms with Crippen molar-refractivity contribution in [2.75, 3.05) is 6.61 Å². The summed E-state index contributed by atoms with van der Waals surface area (Å²) >= 11 is 1.59. The van der Waals surface area contributed by atoms with Crippen LogP contribution in [0.5, 0.6) is 0 Å². The van der Waals surface area contributed by atoms with Crippen LogP contribution >= 0.6 is 11.3 Å². The number of fused-ring (bicyclic) bond motifs is 3. The van der Waals surface area contributed by atoms with Gasteiger partial charge in [-0.15, -0.1) is 11.3 Å². The van der Waals surface area contributed by atoms with Crippen molar-refractivity contribution in [2.45, 2.75) is 52.1 Å². The van der Waals surface area contributed by atoms with Crippen LogP contribution in [0.15, 0.2) is 22.4 Å². The molecule has 1 unspecified atom stereocenters. The zero-order chi connectivity index (χ0) is 19.8. The Morgan fingerprint density at radius 1 is 1.36 bits per heavy atom. The zero-order valence-electron chi connectivity index (χ0n) is 15.8. The highest BCUT2D eigenvalue weighted by atomic mass is 32.1. The van der Waals surface area contributed by atoms with Gasteiger partial charge in [-0.05, 0) is 45.1 Å². The number of carbonyl (C=O) groups excluding carboxylic acids is 2. The third-order valence-corrected chi connectivity index (χ3v) is 6.34. The van der Waals surface area contributed by atoms with Gasteiger partial charge in [0.1, 0.15) is 4.83 Å². The van der Waals surface area contributed by atoms with E-state index >= 15 is 0 Å². The Kier molecular flexibility index (Phi) is 4.92. The summed E-state index contributed by atoms with van der Waals surface area (Å²) in [5.74, 6) is -0.507. The van der Waals surface area contributed by atoms with Crippen LogP contribution in [-0.4, -0.2) is 34.2 Å². The molecule has 0 spiro atoms. The molecule has 2 aromatic heterocycles. The van der Waals surface area contributed by atoms with Gasteiger partial charge in [0.05, 0.1) is 42.2 Å². The van der Waals surface area contributed by atoms with Crippen molar-refractivity contribution < 1.29 is 14.3 Å². The number of rotatable bonds is 4. The van der Waals surface area contributed by atoms with Crippen molar-refractivity contribution in [2.24, 2.45) is 0 Å². The molecule has 0 bridgehead atoms. The first kappa shape index (κ1) is 18.7. The molecule has 0 radical (unpaired) electrons. The van der Waals surface area contributed by atoms with E-state index in [4.69, 9.17) is 4.74 Å². The van der Waals surface area contributed by atoms with Crippen LogP contribution < -0.4 is 16.2 Å². The van der Waals surface area contributed by atoms with Crippen molar-refractivity contribution >= 4 is 33.6 Å². The molecular formula is C19H22N4O4S. The molecule has 1 aliphatic heterocycles. The summed E-state index contributed by atoms with van der Waals surface area (Å²) in [5.41, 5.74) is 1.66. The van der Waals surface area contributed by atoms with E-state index in [1.54, 1.807) is 25.2 Å². The maximum Gasteiger partial charge on any atom is 0.337 e. The Morgan fingerprint density at radius 2 is 2.14 bits per heavy atom. The molecular weight excluding hydrogens is 380 g/mol. The summed E-state index contributed by atoms with van der Waals surface area (Å²) < 4.78 is 6.58. The molecule has 148 valence electrons. The SMILES string of the molecule is CCOC(=O)C1=C(Cn2cnc3sc4c(c3c2=O)CCCC4)NC(=O)NC1C. The minimum absolute atomic E-state index is 0.0539. The molecule has 28 heavy (non-hydrogen) atoms. The number of nitrogens with zero attached hydrogens (tertiary/aromatic N) is 2. The Labute approximate surface area is 165 Å². The third-order valence-electron chi connectivity index (χ3n) is 5.14. The van der Waals surface area contributed by atoms with Crippen LogP contribution in [0.2, 0.25) is 0 Å². The number of aryl methyl sites for hydroxylation is 2. The quantitative estimate of drug-likeness (QED) is 0.760. The monoisotopic (exact) mass is 402 g/mol. The number of allylic oxidation sites excluding steroid dienone is 1. The maximum atomic E-state index is 13.2. The lowest BCUT2D eigenvalue weighted by molar-refractivity contribution is -0.139. The lowest BCUT2D eigenvalue weighted by Crippen LogP contribution is -2.50. The highest BCUT2D eigenvalue weighted by molar-refractivity contribution is 7.18. The minimum Gasteiger partial charge on any atom is -0.463 e. The van der Waals surface area contributed by atoms with Crippen LogP contribution in [0.1, 0.15) is 37.1 Å². The molecule has 2 aromatic rings. The summed E-state index contributed by atoms with van der Waals surface area (Å²) in [5, 5.41) is 5.99. The van der Waals surface area contributed by atoms with E-state index in [2.05, 4.69) is 15.6 Å². The Morgan fingerprint density at radius 3 is 2.93 bits per heavy atom. The number of amides is 2. The summed E-state index contributed by atoms with van der Waals surface area (Å²) in [6.45, 7) is 3.72. The summed E-state index contributed by atoms with van der Waals surface area (Å²) in [6, 6.07) is -0.922. The first-order valence-electron chi connectivity index (χ1n) is 9.47. The lowest BCUT2D eigenvalue weighted by atomic mass is 9.97. The Bertz CT molecular complexity index is 1050. The first-order valence-corrected chi connectivity index (χ1v) is 10.3. The van der Waals surface area contributed by atoms with Gasteiger partial charge in [-0.25, -0.2) is 14.6 Å². The largest absolute Gasteiger partial charge is 0.463 e. The normalized spacial score (nSPS) is 19.2. The van der Waals surface area contributed by atoms with Crippen molar-refractivity contribution in [1.82, 2.24) is 20.2 Å². The second-order valence-corrected chi connectivity index (χ2v) is 8.09. The number of thiophene rings is 1. The molecule has 2 aliphatic rings. The molecule has 4 rings (SSSR count). The predicted octanol–water partition coefficient (Wildman–Crippen LogP) is 1.86. The van der Waals surface area contributed by atoms with E-state index in [-0.39, 0.29) is 18.7 Å². The number of nitrogens with one attached hydrogen (secondary N) is 2. The van der Waals surface area contributed by atoms with Gasteiger partial charge < -0.3 is 15.4 Å². The van der Waals surface area contributed by atoms with Crippen LogP contribution in [0, 0.1) is 0 Å². The van der Waals surface area contributed by atoms with E-state index in [0.717, 1.165) is 36.1 Å². The average molecular weight is 402 g/mol. The van der Waals surface area contributed by atoms with Crippen molar-refractivity contribution in [3.63, 3.8) is 0 Å². The molecule has 2 amide bonds. The fourth-order valence-electron chi connectivity index (χ4n) is 3.87. The predicted molar refractivity (Wildman–Crippen MR) is 105 cm³/mol. The average Bonchev–Trinajstić information content (AvgIpc) is 3.03. The van der Waals surface area contributed by atoms with Crippen molar-refractivity contribution in [1.29, 1.82) is 0 Å². The lowest BCUT2D eigenvalue weighted by Gasteiger charge is -2.26. The number of carbonyl (C=O) groups is 2. The van der Waals surface area contributed by atoms with Gasteiger partial charge in [-0.3, -0.25) is 9.36 Å². The molecule has 0 aromatic carbocycles. The van der Waals surface area contributed by atoms with E-state index in [1.165, 1.54) is 15.8 Å². The van der Waals surface area contributed by atoms with Crippen LogP contribution in [-0.2, 0) is 28.9 Å². The second kappa shape index (κ2) is 7.38. The maximum absolute atomic E-state index is 13.2. The standard InChI is InChI=1S/C19H22N4O4S/c1-3-27-18(25)14-10(2)21-19(26)22-12(14)8-23-9-20-16-15(17(23)24)11-6-4-5-7-13(11)28-16/h9-10H,3-8H2,1-2H3,(H2,21,22,26). The fraction of sp³-hybridized carbons (Fsp3) is 0.474. The van der Waals surface area contributed by atoms with Gasteiger partial charge in [-0.2, -0.15) is 0 Å². The van der Waals surface area contributed by atoms with Gasteiger partial charge >= 0.3 is 12.0 Å². The molecule has 3 heterocycles. The van der Waals surface area contributed by atoms with Gasteiger partial charge in [-0.1, -0.05) is 0 Å². The Hall–Kier alpha value is -2.68. The minimum atomic E-state index is -0.510. The van der Waals surface area contributed by atoms with E-state index in [1.807, 2.05) is 0 Å². The summed E-state index contributed by atoms with van der Waals surface area (Å²) in [6.07, 6.45) is 5.59. The van der Waals surface area contributed by atoms with Crippen LogP contribution in [0.3, 0.4) is 0 Å². The summed E-state index contributed by atoms with van der Waals surface area (Å²) in [7, 11) is 0. The molecule has 1 aliphatic carbocycles. The van der Waals surface area contributed by atoms with E-state index in [0.29, 0.717) is 16.7 Å². The number of hydrogen-bond acceptors (Lipinski definition) is 6. The van der Waals surface area contributed by atoms with Gasteiger partial charge in [0.15, 0.2) is 0 Å². The van der Waals surface area contributed by atoms with Crippen LogP contribution in [0.25, 0.3) is 10.2 Å². The number of hydrogen-bond donors (Lipinski definition) is 2. The first-order chi connectivity index (χ1) is 13.5. The number of urea groups is 1. The van der Waals surface area contributed by atoms with E-state index in [9.17, 15) is 14.4 Å². The number of aromatic nitrogens is 2. The Balaban J connectivity index is 1.78. The molecule has 8 nitrogen and oxygen atoms in total.